The molecule has 1 aromatic heterocycles. The highest BCUT2D eigenvalue weighted by Gasteiger charge is 2.36. The number of nitrogens with one attached hydrogen (secondary N) is 6. The predicted octanol–water partition coefficient (Wildman–Crippen LogP) is 5.59. The number of H-pyrrole nitrogens is 1. The van der Waals surface area contributed by atoms with Crippen molar-refractivity contribution in [3.8, 4) is 0 Å². The highest BCUT2D eigenvalue weighted by molar-refractivity contribution is 5.97. The second kappa shape index (κ2) is 24.9. The van der Waals surface area contributed by atoms with Crippen molar-refractivity contribution in [3.05, 3.63) is 138 Å². The zero-order chi connectivity index (χ0) is 49.2. The van der Waals surface area contributed by atoms with Crippen LogP contribution in [0.15, 0.2) is 115 Å². The van der Waals surface area contributed by atoms with Gasteiger partial charge in [0.05, 0.1) is 6.42 Å². The monoisotopic (exact) mass is 928 g/mol. The molecule has 16 nitrogen and oxygen atoms in total. The Morgan fingerprint density at radius 3 is 2.01 bits per heavy atom. The summed E-state index contributed by atoms with van der Waals surface area (Å²) < 4.78 is 5.53. The van der Waals surface area contributed by atoms with E-state index in [4.69, 9.17) is 10.5 Å². The Morgan fingerprint density at radius 1 is 0.721 bits per heavy atom. The van der Waals surface area contributed by atoms with E-state index in [1.54, 1.807) is 60.8 Å². The molecule has 68 heavy (non-hydrogen) atoms. The number of nitrogens with two attached hydrogens (primary N) is 1. The smallest absolute Gasteiger partial charge is 0.319 e. The largest absolute Gasteiger partial charge is 0.461 e. The van der Waals surface area contributed by atoms with Gasteiger partial charge in [0.25, 0.3) is 0 Å². The normalized spacial score (nSPS) is 13.0. The fourth-order valence-electron chi connectivity index (χ4n) is 7.65. The molecule has 5 aromatic rings. The van der Waals surface area contributed by atoms with Gasteiger partial charge in [-0.2, -0.15) is 0 Å². The molecular formula is C52H64N8O8. The van der Waals surface area contributed by atoms with Gasteiger partial charge in [0, 0.05) is 55.6 Å². The van der Waals surface area contributed by atoms with Crippen molar-refractivity contribution in [1.82, 2.24) is 31.2 Å². The Kier molecular flexibility index (Phi) is 18.8. The minimum atomic E-state index is -1.56. The van der Waals surface area contributed by atoms with Crippen LogP contribution in [-0.2, 0) is 53.0 Å². The van der Waals surface area contributed by atoms with Crippen LogP contribution in [0.25, 0.3) is 10.9 Å². The number of aromatic nitrogens is 1. The number of rotatable bonds is 23. The molecule has 16 heteroatoms. The number of carbonyl (C=O) groups is 7. The van der Waals surface area contributed by atoms with E-state index in [1.807, 2.05) is 82.3 Å². The number of amides is 7. The van der Waals surface area contributed by atoms with Crippen LogP contribution in [0.1, 0.15) is 75.1 Å². The Balaban J connectivity index is 1.40. The maximum absolute atomic E-state index is 14.6. The number of benzene rings is 4. The molecule has 0 fully saturated rings. The minimum absolute atomic E-state index is 0.0293. The number of para-hydroxylation sites is 2. The summed E-state index contributed by atoms with van der Waals surface area (Å²) in [7, 11) is 1.37. The average molecular weight is 929 g/mol. The van der Waals surface area contributed by atoms with Gasteiger partial charge in [0.2, 0.25) is 29.5 Å². The van der Waals surface area contributed by atoms with Crippen LogP contribution in [0.5, 0.6) is 0 Å². The lowest BCUT2D eigenvalue weighted by molar-refractivity contribution is -0.150. The SMILES string of the molecule is Cc1ccccc1NC(=O)NCCCC[C@H](NC(=O)[C@H](Cc1c[nH]c2ccccc12)NC(=O)CC(C)(C)C)C(=O)N[C@@H](CC(=O)OCc1ccccc1)C(=O)N(C)[C@@H](Cc1ccccc1)C(N)=O. The fourth-order valence-corrected chi connectivity index (χ4v) is 7.65. The Bertz CT molecular complexity index is 2500. The third-order valence-electron chi connectivity index (χ3n) is 11.3. The zero-order valence-electron chi connectivity index (χ0n) is 39.4. The van der Waals surface area contributed by atoms with E-state index < -0.39 is 71.6 Å². The van der Waals surface area contributed by atoms with Crippen molar-refractivity contribution in [1.29, 1.82) is 0 Å². The third kappa shape index (κ3) is 16.1. The molecule has 0 aliphatic carbocycles. The third-order valence-corrected chi connectivity index (χ3v) is 11.3. The molecule has 0 saturated heterocycles. The summed E-state index contributed by atoms with van der Waals surface area (Å²) in [5.41, 5.74) is 10.0. The molecular weight excluding hydrogens is 865 g/mol. The van der Waals surface area contributed by atoms with Crippen LogP contribution in [-0.4, -0.2) is 89.2 Å². The fraction of sp³-hybridized carbons (Fsp3) is 0.365. The Morgan fingerprint density at radius 2 is 1.34 bits per heavy atom. The van der Waals surface area contributed by atoms with Gasteiger partial charge >= 0.3 is 12.0 Å². The van der Waals surface area contributed by atoms with E-state index in [0.717, 1.165) is 32.5 Å². The first-order chi connectivity index (χ1) is 32.5. The second-order valence-electron chi connectivity index (χ2n) is 18.1. The predicted molar refractivity (Wildman–Crippen MR) is 261 cm³/mol. The molecule has 360 valence electrons. The Hall–Kier alpha value is -7.49. The second-order valence-corrected chi connectivity index (χ2v) is 18.1. The number of aromatic amines is 1. The number of ether oxygens (including phenoxy) is 1. The van der Waals surface area contributed by atoms with Gasteiger partial charge in [-0.1, -0.05) is 118 Å². The van der Waals surface area contributed by atoms with Crippen molar-refractivity contribution >= 4 is 58.1 Å². The lowest BCUT2D eigenvalue weighted by Gasteiger charge is -2.31. The maximum Gasteiger partial charge on any atom is 0.319 e. The molecule has 1 heterocycles. The van der Waals surface area contributed by atoms with Crippen LogP contribution in [0.2, 0.25) is 0 Å². The van der Waals surface area contributed by atoms with Crippen molar-refractivity contribution in [2.24, 2.45) is 11.1 Å². The average Bonchev–Trinajstić information content (AvgIpc) is 3.71. The number of carbonyl (C=O) groups excluding carboxylic acids is 7. The highest BCUT2D eigenvalue weighted by atomic mass is 16.5. The summed E-state index contributed by atoms with van der Waals surface area (Å²) in [6.07, 6.45) is 2.14. The summed E-state index contributed by atoms with van der Waals surface area (Å²) in [6.45, 7) is 7.72. The van der Waals surface area contributed by atoms with Crippen LogP contribution >= 0.6 is 0 Å². The van der Waals surface area contributed by atoms with E-state index in [-0.39, 0.29) is 44.7 Å². The number of likely N-dealkylation sites (N-methyl/N-ethyl adjacent to an activating group) is 1. The quantitative estimate of drug-likeness (QED) is 0.0322. The maximum atomic E-state index is 14.6. The lowest BCUT2D eigenvalue weighted by Crippen LogP contribution is -2.59. The number of anilines is 1. The molecule has 5 rings (SSSR count). The van der Waals surface area contributed by atoms with Crippen LogP contribution in [0, 0.1) is 12.3 Å². The van der Waals surface area contributed by atoms with Crippen LogP contribution in [0.3, 0.4) is 0 Å². The number of nitrogens with zero attached hydrogens (tertiary/aromatic N) is 1. The summed E-state index contributed by atoms with van der Waals surface area (Å²) in [4.78, 5) is 100. The number of esters is 1. The van der Waals surface area contributed by atoms with Crippen molar-refractivity contribution in [2.75, 3.05) is 18.9 Å². The van der Waals surface area contributed by atoms with Gasteiger partial charge in [0.1, 0.15) is 30.8 Å². The molecule has 7 amide bonds. The number of unbranched alkanes of at least 4 members (excludes halogenated alkanes) is 1. The number of primary amides is 1. The standard InChI is InChI=1S/C52H64N8O8/c1-34-18-12-14-24-39(34)59-51(67)54-27-17-16-26-41(57-49(65)42(56-45(61)31-52(2,3)4)29-37-32-55-40-25-15-13-23-38(37)40)48(64)58-43(30-46(62)68-33-36-21-10-7-11-22-36)50(66)60(5)44(47(53)63)28-35-19-8-6-9-20-35/h6-15,18-25,32,41-44,55H,16-17,26-31,33H2,1-5H3,(H2,53,63)(H,56,61)(H,57,65)(H,58,64)(H2,54,59,67)/t41-,42-,43-,44-/m0/s1. The molecule has 0 aliphatic heterocycles. The number of fused-ring (bicyclic) bond motifs is 1. The van der Waals surface area contributed by atoms with Crippen LogP contribution < -0.4 is 32.3 Å². The molecule has 0 unspecified atom stereocenters. The van der Waals surface area contributed by atoms with Crippen LogP contribution in [0.4, 0.5) is 10.5 Å². The van der Waals surface area contributed by atoms with Gasteiger partial charge in [-0.05, 0) is 66.0 Å². The highest BCUT2D eigenvalue weighted by Crippen LogP contribution is 2.22. The summed E-state index contributed by atoms with van der Waals surface area (Å²) in [5, 5.41) is 14.9. The number of hydrogen-bond acceptors (Lipinski definition) is 8. The first kappa shape index (κ1) is 51.5. The van der Waals surface area contributed by atoms with Gasteiger partial charge in [-0.3, -0.25) is 28.8 Å². The van der Waals surface area contributed by atoms with Gasteiger partial charge in [-0.15, -0.1) is 0 Å². The minimum Gasteiger partial charge on any atom is -0.461 e. The molecule has 0 aliphatic rings. The van der Waals surface area contributed by atoms with Gasteiger partial charge in [-0.25, -0.2) is 4.79 Å². The first-order valence-electron chi connectivity index (χ1n) is 22.8. The van der Waals surface area contributed by atoms with Crippen molar-refractivity contribution in [3.63, 3.8) is 0 Å². The van der Waals surface area contributed by atoms with E-state index in [9.17, 15) is 33.6 Å². The molecule has 4 aromatic carbocycles. The van der Waals surface area contributed by atoms with Crippen molar-refractivity contribution < 1.29 is 38.3 Å². The molecule has 0 saturated carbocycles. The molecule has 0 bridgehead atoms. The molecule has 0 spiro atoms. The Labute approximate surface area is 397 Å². The zero-order valence-corrected chi connectivity index (χ0v) is 39.4. The first-order valence-corrected chi connectivity index (χ1v) is 22.8. The van der Waals surface area contributed by atoms with E-state index in [0.29, 0.717) is 24.1 Å². The number of urea groups is 1. The van der Waals surface area contributed by atoms with E-state index in [2.05, 4.69) is 31.6 Å². The van der Waals surface area contributed by atoms with E-state index >= 15 is 0 Å². The summed E-state index contributed by atoms with van der Waals surface area (Å²) in [6, 6.07) is 27.2. The number of aryl methyl sites for hydroxylation is 1. The summed E-state index contributed by atoms with van der Waals surface area (Å²) in [5.74, 6) is -4.24. The summed E-state index contributed by atoms with van der Waals surface area (Å²) >= 11 is 0. The van der Waals surface area contributed by atoms with E-state index in [1.165, 1.54) is 7.05 Å². The number of hydrogen-bond donors (Lipinski definition) is 7. The molecule has 0 radical (unpaired) electrons. The lowest BCUT2D eigenvalue weighted by atomic mass is 9.91. The topological polar surface area (TPSA) is 234 Å². The molecule has 4 atom stereocenters. The molecule has 8 N–H and O–H groups in total. The van der Waals surface area contributed by atoms with Gasteiger partial charge < -0.3 is 46.9 Å². The van der Waals surface area contributed by atoms with Crippen molar-refractivity contribution in [2.45, 2.75) is 103 Å². The van der Waals surface area contributed by atoms with Gasteiger partial charge in [0.15, 0.2) is 0 Å².